The first-order chi connectivity index (χ1) is 8.02. The third kappa shape index (κ3) is 6.88. The zero-order chi connectivity index (χ0) is 13.3. The summed E-state index contributed by atoms with van der Waals surface area (Å²) in [4.78, 5) is 25.8. The molecule has 2 unspecified atom stereocenters. The molecule has 2 atom stereocenters. The molecule has 0 radical (unpaired) electrons. The van der Waals surface area contributed by atoms with Crippen molar-refractivity contribution in [3.05, 3.63) is 0 Å². The maximum Gasteiger partial charge on any atom is 0.306 e. The second-order valence-corrected chi connectivity index (χ2v) is 3.74. The summed E-state index contributed by atoms with van der Waals surface area (Å²) in [6.45, 7) is 1.69. The van der Waals surface area contributed by atoms with Crippen molar-refractivity contribution >= 4 is 11.9 Å². The number of aliphatic carboxylic acids is 2. The lowest BCUT2D eigenvalue weighted by molar-refractivity contribution is -0.491. The minimum absolute atomic E-state index is 0.0582. The second-order valence-electron chi connectivity index (χ2n) is 3.74. The van der Waals surface area contributed by atoms with Gasteiger partial charge in [0.1, 0.15) is 0 Å². The van der Waals surface area contributed by atoms with Gasteiger partial charge in [0.15, 0.2) is 0 Å². The summed E-state index contributed by atoms with van der Waals surface area (Å²) in [5.41, 5.74) is 0. The van der Waals surface area contributed by atoms with E-state index in [0.29, 0.717) is 12.8 Å². The molecule has 0 aliphatic carbocycles. The molecule has 0 aromatic rings. The third-order valence-corrected chi connectivity index (χ3v) is 2.66. The lowest BCUT2D eigenvalue weighted by atomic mass is 9.92. The van der Waals surface area contributed by atoms with Crippen molar-refractivity contribution in [2.45, 2.75) is 32.6 Å². The van der Waals surface area contributed by atoms with Gasteiger partial charge in [-0.2, -0.15) is 0 Å². The van der Waals surface area contributed by atoms with Crippen LogP contribution in [0.2, 0.25) is 0 Å². The summed E-state index contributed by atoms with van der Waals surface area (Å²) in [7, 11) is 0. The average molecular weight is 250 g/mol. The lowest BCUT2D eigenvalue weighted by Gasteiger charge is -2.14. The van der Waals surface area contributed by atoms with Crippen LogP contribution in [0.3, 0.4) is 0 Å². The number of hydrogen-bond acceptors (Lipinski definition) is 5. The Morgan fingerprint density at radius 3 is 2.00 bits per heavy atom. The van der Waals surface area contributed by atoms with Crippen molar-refractivity contribution in [1.29, 1.82) is 0 Å². The Hall–Kier alpha value is -1.18. The SMILES string of the molecule is CCC(CCC(CCOOO)C(=O)O)C(=O)O. The minimum atomic E-state index is -1.01. The van der Waals surface area contributed by atoms with Gasteiger partial charge in [-0.1, -0.05) is 12.0 Å². The molecule has 17 heavy (non-hydrogen) atoms. The third-order valence-electron chi connectivity index (χ3n) is 2.66. The van der Waals surface area contributed by atoms with Gasteiger partial charge in [0.05, 0.1) is 18.4 Å². The van der Waals surface area contributed by atoms with E-state index in [1.165, 1.54) is 0 Å². The first kappa shape index (κ1) is 15.8. The lowest BCUT2D eigenvalue weighted by Crippen LogP contribution is -2.20. The average Bonchev–Trinajstić information content (AvgIpc) is 2.26. The van der Waals surface area contributed by atoms with Crippen molar-refractivity contribution in [2.75, 3.05) is 6.61 Å². The van der Waals surface area contributed by atoms with E-state index in [9.17, 15) is 9.59 Å². The Bertz CT molecular complexity index is 241. The van der Waals surface area contributed by atoms with Crippen LogP contribution < -0.4 is 0 Å². The molecule has 0 saturated heterocycles. The Balaban J connectivity index is 4.07. The van der Waals surface area contributed by atoms with Gasteiger partial charge in [-0.3, -0.25) is 9.59 Å². The maximum atomic E-state index is 10.9. The highest BCUT2D eigenvalue weighted by Gasteiger charge is 2.22. The summed E-state index contributed by atoms with van der Waals surface area (Å²) in [5.74, 6) is -3.14. The Labute approximate surface area is 98.8 Å². The molecule has 0 aliphatic rings. The summed E-state index contributed by atoms with van der Waals surface area (Å²) >= 11 is 0. The topological polar surface area (TPSA) is 113 Å². The van der Waals surface area contributed by atoms with Gasteiger partial charge in [-0.15, -0.1) is 0 Å². The van der Waals surface area contributed by atoms with E-state index in [4.69, 9.17) is 15.5 Å². The number of carboxylic acid groups (broad SMARTS) is 2. The van der Waals surface area contributed by atoms with E-state index >= 15 is 0 Å². The molecule has 7 heteroatoms. The Morgan fingerprint density at radius 1 is 1.06 bits per heavy atom. The van der Waals surface area contributed by atoms with E-state index in [-0.39, 0.29) is 19.4 Å². The van der Waals surface area contributed by atoms with Crippen LogP contribution in [0.15, 0.2) is 0 Å². The molecule has 0 bridgehead atoms. The van der Waals surface area contributed by atoms with E-state index in [2.05, 4.69) is 9.93 Å². The molecule has 0 aliphatic heterocycles. The first-order valence-electron chi connectivity index (χ1n) is 5.41. The molecule has 0 saturated carbocycles. The molecular weight excluding hydrogens is 232 g/mol. The van der Waals surface area contributed by atoms with E-state index < -0.39 is 23.8 Å². The van der Waals surface area contributed by atoms with Crippen molar-refractivity contribution in [3.8, 4) is 0 Å². The quantitative estimate of drug-likeness (QED) is 0.305. The molecule has 0 heterocycles. The Morgan fingerprint density at radius 2 is 1.59 bits per heavy atom. The van der Waals surface area contributed by atoms with E-state index in [0.717, 1.165) is 0 Å². The molecule has 0 amide bonds. The highest BCUT2D eigenvalue weighted by atomic mass is 17.5. The monoisotopic (exact) mass is 250 g/mol. The highest BCUT2D eigenvalue weighted by molar-refractivity contribution is 5.71. The van der Waals surface area contributed by atoms with Crippen LogP contribution in [0.1, 0.15) is 32.6 Å². The molecule has 3 N–H and O–H groups in total. The van der Waals surface area contributed by atoms with E-state index in [1.807, 2.05) is 0 Å². The predicted molar refractivity (Wildman–Crippen MR) is 56.1 cm³/mol. The smallest absolute Gasteiger partial charge is 0.306 e. The van der Waals surface area contributed by atoms with Gasteiger partial charge in [-0.05, 0) is 25.7 Å². The zero-order valence-corrected chi connectivity index (χ0v) is 9.66. The molecule has 0 rings (SSSR count). The summed E-state index contributed by atoms with van der Waals surface area (Å²) in [5, 5.41) is 29.0. The zero-order valence-electron chi connectivity index (χ0n) is 9.66. The largest absolute Gasteiger partial charge is 0.481 e. The summed E-state index contributed by atoms with van der Waals surface area (Å²) < 4.78 is 0. The van der Waals surface area contributed by atoms with Gasteiger partial charge in [-0.25, -0.2) is 10.1 Å². The molecule has 0 fully saturated rings. The van der Waals surface area contributed by atoms with Crippen LogP contribution in [0, 0.1) is 11.8 Å². The molecule has 7 nitrogen and oxygen atoms in total. The fourth-order valence-electron chi connectivity index (χ4n) is 1.52. The number of carboxylic acids is 2. The van der Waals surface area contributed by atoms with Crippen LogP contribution in [0.25, 0.3) is 0 Å². The molecule has 0 aromatic heterocycles. The standard InChI is InChI=1S/C10H18O7/c1-2-7(9(11)12)3-4-8(10(13)14)5-6-16-17-15/h7-8,15H,2-6H2,1H3,(H,11,12)(H,13,14). The van der Waals surface area contributed by atoms with Gasteiger partial charge in [0, 0.05) is 0 Å². The highest BCUT2D eigenvalue weighted by Crippen LogP contribution is 2.19. The molecular formula is C10H18O7. The van der Waals surface area contributed by atoms with Crippen LogP contribution in [0.4, 0.5) is 0 Å². The molecule has 0 aromatic carbocycles. The second kappa shape index (κ2) is 8.91. The first-order valence-corrected chi connectivity index (χ1v) is 5.41. The van der Waals surface area contributed by atoms with Crippen LogP contribution >= 0.6 is 0 Å². The number of hydrogen-bond donors (Lipinski definition) is 3. The maximum absolute atomic E-state index is 10.9. The van der Waals surface area contributed by atoms with Gasteiger partial charge >= 0.3 is 11.9 Å². The van der Waals surface area contributed by atoms with Crippen molar-refractivity contribution in [3.63, 3.8) is 0 Å². The minimum Gasteiger partial charge on any atom is -0.481 e. The number of carbonyl (C=O) groups is 2. The molecule has 0 spiro atoms. The van der Waals surface area contributed by atoms with Gasteiger partial charge < -0.3 is 10.2 Å². The van der Waals surface area contributed by atoms with Crippen molar-refractivity contribution in [2.24, 2.45) is 11.8 Å². The summed E-state index contributed by atoms with van der Waals surface area (Å²) in [6.07, 6.45) is 1.20. The van der Waals surface area contributed by atoms with E-state index in [1.54, 1.807) is 6.92 Å². The fraction of sp³-hybridized carbons (Fsp3) is 0.800. The van der Waals surface area contributed by atoms with Crippen molar-refractivity contribution < 1.29 is 35.0 Å². The Kier molecular flexibility index (Phi) is 8.29. The van der Waals surface area contributed by atoms with Crippen molar-refractivity contribution in [1.82, 2.24) is 0 Å². The van der Waals surface area contributed by atoms with Crippen LogP contribution in [-0.2, 0) is 19.5 Å². The predicted octanol–water partition coefficient (Wildman–Crippen LogP) is 1.39. The molecule has 100 valence electrons. The van der Waals surface area contributed by atoms with Crippen LogP contribution in [-0.4, -0.2) is 34.0 Å². The van der Waals surface area contributed by atoms with Gasteiger partial charge in [0.2, 0.25) is 0 Å². The van der Waals surface area contributed by atoms with Crippen LogP contribution in [0.5, 0.6) is 0 Å². The number of rotatable bonds is 10. The van der Waals surface area contributed by atoms with Gasteiger partial charge in [0.25, 0.3) is 0 Å². The normalized spacial score (nSPS) is 14.2. The fourth-order valence-corrected chi connectivity index (χ4v) is 1.52. The summed E-state index contributed by atoms with van der Waals surface area (Å²) in [6, 6.07) is 0.